The Morgan fingerprint density at radius 1 is 1.21 bits per heavy atom. The zero-order valence-corrected chi connectivity index (χ0v) is 16.1. The maximum Gasteiger partial charge on any atom is 0.342 e. The fraction of sp³-hybridized carbons (Fsp3) is 0.316. The molecule has 1 heterocycles. The molecule has 1 N–H and O–H groups in total. The van der Waals surface area contributed by atoms with Crippen molar-refractivity contribution in [3.63, 3.8) is 0 Å². The fourth-order valence-corrected chi connectivity index (χ4v) is 2.97. The van der Waals surface area contributed by atoms with Gasteiger partial charge >= 0.3 is 5.97 Å². The van der Waals surface area contributed by atoms with Crippen LogP contribution in [0.5, 0.6) is 5.75 Å². The van der Waals surface area contributed by atoms with Crippen LogP contribution in [0, 0.1) is 24.0 Å². The second-order valence-electron chi connectivity index (χ2n) is 6.23. The predicted molar refractivity (Wildman–Crippen MR) is 99.1 cm³/mol. The summed E-state index contributed by atoms with van der Waals surface area (Å²) in [7, 11) is 1.31. The molecule has 0 aliphatic rings. The molecule has 9 nitrogen and oxygen atoms in total. The Kier molecular flexibility index (Phi) is 5.97. The van der Waals surface area contributed by atoms with Crippen LogP contribution in [0.25, 0.3) is 0 Å². The van der Waals surface area contributed by atoms with Crippen molar-refractivity contribution >= 4 is 23.2 Å². The predicted octanol–water partition coefficient (Wildman–Crippen LogP) is 3.18. The van der Waals surface area contributed by atoms with Crippen LogP contribution in [0.15, 0.2) is 18.2 Å². The molecule has 148 valence electrons. The van der Waals surface area contributed by atoms with Gasteiger partial charge in [-0.05, 0) is 39.3 Å². The number of ether oxygens (including phenoxy) is 2. The highest BCUT2D eigenvalue weighted by Crippen LogP contribution is 2.26. The molecule has 0 saturated carbocycles. The normalized spacial score (nSPS) is 11.6. The molecule has 0 amide bonds. The molecule has 2 aromatic rings. The van der Waals surface area contributed by atoms with Gasteiger partial charge in [0.05, 0.1) is 17.7 Å². The first-order valence-electron chi connectivity index (χ1n) is 8.36. The second-order valence-corrected chi connectivity index (χ2v) is 6.23. The topological polar surface area (TPSA) is 129 Å². The minimum atomic E-state index is -1.19. The zero-order chi connectivity index (χ0) is 21.2. The quantitative estimate of drug-likeness (QED) is 0.334. The van der Waals surface area contributed by atoms with Crippen molar-refractivity contribution in [3.05, 3.63) is 56.4 Å². The van der Waals surface area contributed by atoms with Crippen LogP contribution in [-0.2, 0) is 4.74 Å². The second kappa shape index (κ2) is 8.03. The smallest absolute Gasteiger partial charge is 0.342 e. The number of hydrogen-bond acceptors (Lipinski definition) is 7. The number of nitro benzene ring substituents is 1. The molecule has 0 unspecified atom stereocenters. The van der Waals surface area contributed by atoms with Crippen LogP contribution in [-0.4, -0.2) is 40.7 Å². The number of non-ortho nitro benzene ring substituents is 1. The van der Waals surface area contributed by atoms with E-state index in [4.69, 9.17) is 9.47 Å². The SMILES string of the molecule is COc1ccc([N+](=O)[O-])cc1C(=O)O[C@H](C)C(=O)c1[nH]c(C)c(C(C)=O)c1C. The van der Waals surface area contributed by atoms with Crippen LogP contribution in [0.1, 0.15) is 56.3 Å². The molecular weight excluding hydrogens is 368 g/mol. The summed E-state index contributed by atoms with van der Waals surface area (Å²) in [5, 5.41) is 10.9. The number of benzene rings is 1. The number of aromatic nitrogens is 1. The summed E-state index contributed by atoms with van der Waals surface area (Å²) >= 11 is 0. The van der Waals surface area contributed by atoms with Gasteiger partial charge in [-0.2, -0.15) is 0 Å². The highest BCUT2D eigenvalue weighted by atomic mass is 16.6. The van der Waals surface area contributed by atoms with Crippen molar-refractivity contribution in [2.45, 2.75) is 33.8 Å². The number of H-pyrrole nitrogens is 1. The molecule has 9 heteroatoms. The number of esters is 1. The first-order valence-corrected chi connectivity index (χ1v) is 8.36. The number of rotatable bonds is 7. The van der Waals surface area contributed by atoms with E-state index in [1.54, 1.807) is 13.8 Å². The van der Waals surface area contributed by atoms with Crippen LogP contribution >= 0.6 is 0 Å². The Morgan fingerprint density at radius 3 is 2.36 bits per heavy atom. The van der Waals surface area contributed by atoms with Crippen LogP contribution in [0.4, 0.5) is 5.69 Å². The van der Waals surface area contributed by atoms with E-state index in [0.717, 1.165) is 6.07 Å². The Balaban J connectivity index is 2.29. The van der Waals surface area contributed by atoms with Crippen LogP contribution in [0.3, 0.4) is 0 Å². The molecule has 0 bridgehead atoms. The Morgan fingerprint density at radius 2 is 1.86 bits per heavy atom. The van der Waals surface area contributed by atoms with E-state index in [9.17, 15) is 24.5 Å². The molecule has 0 spiro atoms. The van der Waals surface area contributed by atoms with Gasteiger partial charge in [0.2, 0.25) is 5.78 Å². The number of nitro groups is 1. The van der Waals surface area contributed by atoms with E-state index < -0.39 is 22.8 Å². The lowest BCUT2D eigenvalue weighted by atomic mass is 10.0. The molecule has 0 aliphatic carbocycles. The lowest BCUT2D eigenvalue weighted by Gasteiger charge is -2.14. The van der Waals surface area contributed by atoms with Crippen molar-refractivity contribution < 1.29 is 28.8 Å². The first kappa shape index (κ1) is 20.8. The number of ketones is 2. The van der Waals surface area contributed by atoms with E-state index in [1.807, 2.05) is 0 Å². The van der Waals surface area contributed by atoms with Gasteiger partial charge in [0, 0.05) is 23.4 Å². The number of aromatic amines is 1. The van der Waals surface area contributed by atoms with E-state index in [2.05, 4.69) is 4.98 Å². The molecule has 1 aromatic heterocycles. The number of hydrogen-bond donors (Lipinski definition) is 1. The standard InChI is InChI=1S/C19H20N2O7/c1-9-16(11(3)22)10(2)20-17(9)18(23)12(4)28-19(24)14-8-13(21(25)26)6-7-15(14)27-5/h6-8,12,20H,1-5H3/t12-/m1/s1. The minimum Gasteiger partial charge on any atom is -0.496 e. The number of carbonyl (C=O) groups excluding carboxylic acids is 3. The summed E-state index contributed by atoms with van der Waals surface area (Å²) in [4.78, 5) is 50.0. The highest BCUT2D eigenvalue weighted by molar-refractivity contribution is 6.05. The third-order valence-corrected chi connectivity index (χ3v) is 4.30. The third-order valence-electron chi connectivity index (χ3n) is 4.30. The number of nitrogens with zero attached hydrogens (tertiary/aromatic N) is 1. The molecule has 28 heavy (non-hydrogen) atoms. The highest BCUT2D eigenvalue weighted by Gasteiger charge is 2.28. The molecule has 2 rings (SSSR count). The van der Waals surface area contributed by atoms with Crippen molar-refractivity contribution in [2.24, 2.45) is 0 Å². The van der Waals surface area contributed by atoms with E-state index in [-0.39, 0.29) is 28.5 Å². The monoisotopic (exact) mass is 388 g/mol. The number of Topliss-reactive ketones (excluding diaryl/α,β-unsaturated/α-hetero) is 2. The fourth-order valence-electron chi connectivity index (χ4n) is 2.97. The summed E-state index contributed by atoms with van der Waals surface area (Å²) in [5.41, 5.74) is 1.14. The molecular formula is C19H20N2O7. The summed E-state index contributed by atoms with van der Waals surface area (Å²) in [6, 6.07) is 3.49. The lowest BCUT2D eigenvalue weighted by Crippen LogP contribution is -2.25. The number of aryl methyl sites for hydroxylation is 1. The first-order chi connectivity index (χ1) is 13.1. The maximum atomic E-state index is 12.7. The summed E-state index contributed by atoms with van der Waals surface area (Å²) < 4.78 is 10.2. The summed E-state index contributed by atoms with van der Waals surface area (Å²) in [6.45, 7) is 6.08. The van der Waals surface area contributed by atoms with E-state index in [0.29, 0.717) is 16.8 Å². The Hall–Kier alpha value is -3.49. The van der Waals surface area contributed by atoms with Gasteiger partial charge in [-0.1, -0.05) is 0 Å². The largest absolute Gasteiger partial charge is 0.496 e. The summed E-state index contributed by atoms with van der Waals surface area (Å²) in [5.74, 6) is -1.56. The van der Waals surface area contributed by atoms with Gasteiger partial charge in [-0.25, -0.2) is 4.79 Å². The number of methoxy groups -OCH3 is 1. The Labute approximate surface area is 160 Å². The third kappa shape index (κ3) is 3.93. The molecule has 0 radical (unpaired) electrons. The van der Waals surface area contributed by atoms with Crippen LogP contribution in [0.2, 0.25) is 0 Å². The zero-order valence-electron chi connectivity index (χ0n) is 16.1. The van der Waals surface area contributed by atoms with Gasteiger partial charge < -0.3 is 14.5 Å². The van der Waals surface area contributed by atoms with Gasteiger partial charge in [0.25, 0.3) is 5.69 Å². The number of carbonyl (C=O) groups is 3. The maximum absolute atomic E-state index is 12.7. The molecule has 1 atom stereocenters. The number of nitrogens with one attached hydrogen (secondary N) is 1. The molecule has 1 aromatic carbocycles. The van der Waals surface area contributed by atoms with Crippen LogP contribution < -0.4 is 4.74 Å². The molecule has 0 aliphatic heterocycles. The van der Waals surface area contributed by atoms with Crippen molar-refractivity contribution in [2.75, 3.05) is 7.11 Å². The average Bonchev–Trinajstić information content (AvgIpc) is 2.94. The van der Waals surface area contributed by atoms with Gasteiger partial charge in [0.1, 0.15) is 11.3 Å². The summed E-state index contributed by atoms with van der Waals surface area (Å²) in [6.07, 6.45) is -1.19. The molecule has 0 fully saturated rings. The van der Waals surface area contributed by atoms with Crippen molar-refractivity contribution in [1.29, 1.82) is 0 Å². The van der Waals surface area contributed by atoms with Gasteiger partial charge in [-0.15, -0.1) is 0 Å². The minimum absolute atomic E-state index is 0.0843. The van der Waals surface area contributed by atoms with Gasteiger partial charge in [0.15, 0.2) is 11.9 Å². The van der Waals surface area contributed by atoms with Crippen molar-refractivity contribution in [1.82, 2.24) is 4.98 Å². The molecule has 0 saturated heterocycles. The van der Waals surface area contributed by atoms with E-state index in [1.165, 1.54) is 33.1 Å². The van der Waals surface area contributed by atoms with Crippen molar-refractivity contribution in [3.8, 4) is 5.75 Å². The van der Waals surface area contributed by atoms with Gasteiger partial charge in [-0.3, -0.25) is 19.7 Å². The Bertz CT molecular complexity index is 975. The lowest BCUT2D eigenvalue weighted by molar-refractivity contribution is -0.384. The van der Waals surface area contributed by atoms with E-state index >= 15 is 0 Å². The average molecular weight is 388 g/mol.